The minimum absolute atomic E-state index is 0.312. The molecule has 0 saturated carbocycles. The van der Waals surface area contributed by atoms with Crippen LogP contribution in [0, 0.1) is 0 Å². The van der Waals surface area contributed by atoms with Gasteiger partial charge in [-0.25, -0.2) is 0 Å². The fourth-order valence-corrected chi connectivity index (χ4v) is 3.15. The van der Waals surface area contributed by atoms with E-state index >= 15 is 0 Å². The van der Waals surface area contributed by atoms with Crippen molar-refractivity contribution in [2.75, 3.05) is 20.8 Å². The smallest absolute Gasteiger partial charge is 0.351 e. The van der Waals surface area contributed by atoms with E-state index < -0.39 is 13.7 Å². The van der Waals surface area contributed by atoms with Gasteiger partial charge in [0.2, 0.25) is 0 Å². The van der Waals surface area contributed by atoms with Crippen LogP contribution in [0.25, 0.3) is 0 Å². The lowest BCUT2D eigenvalue weighted by molar-refractivity contribution is -0.0414. The van der Waals surface area contributed by atoms with Crippen molar-refractivity contribution in [2.45, 2.75) is 31.3 Å². The zero-order valence-electron chi connectivity index (χ0n) is 13.5. The highest BCUT2D eigenvalue weighted by molar-refractivity contribution is 7.56. The maximum absolute atomic E-state index is 11.6. The fraction of sp³-hybridized carbons (Fsp3) is 0.500. The molecule has 5 atom stereocenters. The zero-order valence-corrected chi connectivity index (χ0v) is 14.4. The lowest BCUT2D eigenvalue weighted by Crippen LogP contribution is -2.34. The monoisotopic (exact) mass is 342 g/mol. The average Bonchev–Trinajstić information content (AvgIpc) is 2.92. The van der Waals surface area contributed by atoms with Crippen LogP contribution >= 0.6 is 7.60 Å². The SMILES string of the molecule is CCO[C@H]1[C@@H](OC)[C@H](c2ccccc2)O[C@@H]1/C=C/P(=O)(O)OC. The summed E-state index contributed by atoms with van der Waals surface area (Å²) in [5.74, 6) is 1.13. The molecule has 1 saturated heterocycles. The summed E-state index contributed by atoms with van der Waals surface area (Å²) in [7, 11) is -0.957. The van der Waals surface area contributed by atoms with Gasteiger partial charge in [0.1, 0.15) is 24.4 Å². The van der Waals surface area contributed by atoms with Crippen LogP contribution in [0.3, 0.4) is 0 Å². The van der Waals surface area contributed by atoms with Crippen LogP contribution in [0.5, 0.6) is 0 Å². The zero-order chi connectivity index (χ0) is 16.9. The lowest BCUT2D eigenvalue weighted by Gasteiger charge is -2.22. The molecule has 0 spiro atoms. The molecule has 7 heteroatoms. The largest absolute Gasteiger partial charge is 0.376 e. The van der Waals surface area contributed by atoms with Crippen molar-refractivity contribution in [3.63, 3.8) is 0 Å². The summed E-state index contributed by atoms with van der Waals surface area (Å²) in [6.45, 7) is 2.37. The van der Waals surface area contributed by atoms with Gasteiger partial charge < -0.3 is 23.6 Å². The Morgan fingerprint density at radius 1 is 1.26 bits per heavy atom. The van der Waals surface area contributed by atoms with Crippen molar-refractivity contribution in [2.24, 2.45) is 0 Å². The topological polar surface area (TPSA) is 74.2 Å². The summed E-state index contributed by atoms with van der Waals surface area (Å²) >= 11 is 0. The Kier molecular flexibility index (Phi) is 6.53. The van der Waals surface area contributed by atoms with Gasteiger partial charge in [0, 0.05) is 26.6 Å². The molecule has 1 heterocycles. The molecule has 1 unspecified atom stereocenters. The van der Waals surface area contributed by atoms with E-state index in [1.807, 2.05) is 37.3 Å². The number of methoxy groups -OCH3 is 1. The van der Waals surface area contributed by atoms with Gasteiger partial charge >= 0.3 is 7.60 Å². The Morgan fingerprint density at radius 2 is 1.96 bits per heavy atom. The van der Waals surface area contributed by atoms with E-state index in [4.69, 9.17) is 14.2 Å². The number of hydrogen-bond donors (Lipinski definition) is 1. The molecule has 6 nitrogen and oxygen atoms in total. The van der Waals surface area contributed by atoms with Crippen LogP contribution in [0.2, 0.25) is 0 Å². The summed E-state index contributed by atoms with van der Waals surface area (Å²) in [6.07, 6.45) is 0.0178. The number of benzene rings is 1. The van der Waals surface area contributed by atoms with Crippen LogP contribution in [0.4, 0.5) is 0 Å². The average molecular weight is 342 g/mol. The van der Waals surface area contributed by atoms with Crippen LogP contribution < -0.4 is 0 Å². The molecule has 1 N–H and O–H groups in total. The molecule has 0 aromatic heterocycles. The van der Waals surface area contributed by atoms with Crippen molar-refractivity contribution in [1.29, 1.82) is 0 Å². The molecule has 1 aromatic rings. The van der Waals surface area contributed by atoms with Gasteiger partial charge in [-0.05, 0) is 18.6 Å². The first-order valence-electron chi connectivity index (χ1n) is 7.44. The molecule has 1 aromatic carbocycles. The molecule has 0 amide bonds. The van der Waals surface area contributed by atoms with Crippen molar-refractivity contribution < 1.29 is 28.2 Å². The Hall–Kier alpha value is -1.01. The molecule has 1 aliphatic heterocycles. The van der Waals surface area contributed by atoms with Gasteiger partial charge in [-0.1, -0.05) is 30.3 Å². The van der Waals surface area contributed by atoms with Crippen LogP contribution in [-0.4, -0.2) is 44.0 Å². The maximum atomic E-state index is 11.6. The summed E-state index contributed by atoms with van der Waals surface area (Å²) in [5.41, 5.74) is 0.971. The van der Waals surface area contributed by atoms with E-state index in [0.29, 0.717) is 6.61 Å². The molecule has 2 rings (SSSR count). The number of ether oxygens (including phenoxy) is 3. The molecule has 23 heavy (non-hydrogen) atoms. The van der Waals surface area contributed by atoms with Gasteiger partial charge in [-0.2, -0.15) is 0 Å². The first kappa shape index (κ1) is 18.3. The quantitative estimate of drug-likeness (QED) is 0.768. The third kappa shape index (κ3) is 4.51. The van der Waals surface area contributed by atoms with Crippen molar-refractivity contribution in [3.8, 4) is 0 Å². The Balaban J connectivity index is 2.26. The highest BCUT2D eigenvalue weighted by atomic mass is 31.2. The van der Waals surface area contributed by atoms with E-state index in [1.165, 1.54) is 13.2 Å². The minimum atomic E-state index is -3.75. The summed E-state index contributed by atoms with van der Waals surface area (Å²) in [4.78, 5) is 9.52. The lowest BCUT2D eigenvalue weighted by atomic mass is 10.0. The van der Waals surface area contributed by atoms with Gasteiger partial charge in [0.05, 0.1) is 0 Å². The van der Waals surface area contributed by atoms with E-state index in [9.17, 15) is 9.46 Å². The van der Waals surface area contributed by atoms with Crippen LogP contribution in [0.15, 0.2) is 42.2 Å². The summed E-state index contributed by atoms with van der Waals surface area (Å²) < 4.78 is 33.6. The summed E-state index contributed by atoms with van der Waals surface area (Å²) in [6, 6.07) is 9.70. The molecule has 0 radical (unpaired) electrons. The maximum Gasteiger partial charge on any atom is 0.351 e. The van der Waals surface area contributed by atoms with E-state index in [1.54, 1.807) is 7.11 Å². The number of hydrogen-bond acceptors (Lipinski definition) is 5. The second kappa shape index (κ2) is 8.20. The molecular weight excluding hydrogens is 319 g/mol. The molecule has 0 aliphatic carbocycles. The van der Waals surface area contributed by atoms with E-state index in [0.717, 1.165) is 11.4 Å². The third-order valence-electron chi connectivity index (χ3n) is 3.73. The first-order valence-corrected chi connectivity index (χ1v) is 9.09. The molecule has 1 aliphatic rings. The van der Waals surface area contributed by atoms with Gasteiger partial charge in [0.15, 0.2) is 0 Å². The predicted molar refractivity (Wildman–Crippen MR) is 86.2 cm³/mol. The highest BCUT2D eigenvalue weighted by Gasteiger charge is 2.45. The predicted octanol–water partition coefficient (Wildman–Crippen LogP) is 2.89. The Labute approximate surface area is 136 Å². The number of rotatable bonds is 7. The first-order chi connectivity index (χ1) is 11.0. The van der Waals surface area contributed by atoms with Crippen molar-refractivity contribution in [1.82, 2.24) is 0 Å². The highest BCUT2D eigenvalue weighted by Crippen LogP contribution is 2.44. The molecule has 0 bridgehead atoms. The Morgan fingerprint density at radius 3 is 2.52 bits per heavy atom. The molecule has 128 valence electrons. The minimum Gasteiger partial charge on any atom is -0.376 e. The summed E-state index contributed by atoms with van der Waals surface area (Å²) in [5, 5.41) is 0. The second-order valence-corrected chi connectivity index (χ2v) is 6.93. The third-order valence-corrected chi connectivity index (χ3v) is 4.81. The van der Waals surface area contributed by atoms with E-state index in [2.05, 4.69) is 4.52 Å². The van der Waals surface area contributed by atoms with E-state index in [-0.39, 0.29) is 18.3 Å². The van der Waals surface area contributed by atoms with Gasteiger partial charge in [-0.3, -0.25) is 4.57 Å². The van der Waals surface area contributed by atoms with Crippen molar-refractivity contribution >= 4 is 7.60 Å². The molecule has 1 fully saturated rings. The van der Waals surface area contributed by atoms with Crippen LogP contribution in [0.1, 0.15) is 18.6 Å². The molecular formula is C16H23O6P. The van der Waals surface area contributed by atoms with Gasteiger partial charge in [-0.15, -0.1) is 0 Å². The Bertz CT molecular complexity index is 561. The normalized spacial score (nSPS) is 30.6. The fourth-order valence-electron chi connectivity index (χ4n) is 2.64. The second-order valence-electron chi connectivity index (χ2n) is 5.14. The van der Waals surface area contributed by atoms with Crippen molar-refractivity contribution in [3.05, 3.63) is 47.8 Å². The van der Waals surface area contributed by atoms with Gasteiger partial charge in [0.25, 0.3) is 0 Å². The van der Waals surface area contributed by atoms with Crippen LogP contribution in [-0.2, 0) is 23.3 Å². The standard InChI is InChI=1S/C16H23O6P/c1-4-21-15-13(10-11-23(17,18)20-3)22-14(16(15)19-2)12-8-6-5-7-9-12/h5-11,13-16H,4H2,1-3H3,(H,17,18)/b11-10+/t13-,14+,15-,16+/m1/s1.